The van der Waals surface area contributed by atoms with E-state index in [1.807, 2.05) is 13.0 Å². The second kappa shape index (κ2) is 8.45. The highest BCUT2D eigenvalue weighted by Gasteiger charge is 2.26. The zero-order chi connectivity index (χ0) is 20.4. The van der Waals surface area contributed by atoms with Crippen molar-refractivity contribution in [2.24, 2.45) is 0 Å². The first-order chi connectivity index (χ1) is 14.0. The molecule has 3 aromatic rings. The molecule has 5 nitrogen and oxygen atoms in total. The molecule has 0 aliphatic carbocycles. The van der Waals surface area contributed by atoms with Gasteiger partial charge in [-0.05, 0) is 62.2 Å². The Morgan fingerprint density at radius 3 is 2.48 bits per heavy atom. The highest BCUT2D eigenvalue weighted by atomic mass is 32.2. The van der Waals surface area contributed by atoms with Crippen molar-refractivity contribution in [3.63, 3.8) is 0 Å². The quantitative estimate of drug-likeness (QED) is 0.531. The first-order valence-corrected chi connectivity index (χ1v) is 12.3. The number of aryl methyl sites for hydroxylation is 1. The topological polar surface area (TPSA) is 55.2 Å². The number of hydrogen-bond acceptors (Lipinski definition) is 4. The minimum Gasteiger partial charge on any atom is -0.328 e. The van der Waals surface area contributed by atoms with Gasteiger partial charge in [0.25, 0.3) is 0 Å². The van der Waals surface area contributed by atoms with Gasteiger partial charge in [0.15, 0.2) is 0 Å². The van der Waals surface area contributed by atoms with Crippen LogP contribution in [0.15, 0.2) is 52.3 Å². The largest absolute Gasteiger partial charge is 0.328 e. The number of imidazole rings is 1. The van der Waals surface area contributed by atoms with E-state index in [1.54, 1.807) is 40.3 Å². The van der Waals surface area contributed by atoms with E-state index in [4.69, 9.17) is 4.98 Å². The summed E-state index contributed by atoms with van der Waals surface area (Å²) < 4.78 is 42.8. The number of halogens is 1. The zero-order valence-electron chi connectivity index (χ0n) is 16.3. The van der Waals surface area contributed by atoms with Crippen molar-refractivity contribution in [2.45, 2.75) is 48.3 Å². The Balaban J connectivity index is 1.62. The first-order valence-electron chi connectivity index (χ1n) is 9.86. The van der Waals surface area contributed by atoms with Crippen LogP contribution >= 0.6 is 11.8 Å². The third kappa shape index (κ3) is 4.20. The van der Waals surface area contributed by atoms with E-state index < -0.39 is 10.0 Å². The monoisotopic (exact) mass is 433 g/mol. The lowest BCUT2D eigenvalue weighted by atomic mass is 10.2. The van der Waals surface area contributed by atoms with E-state index in [0.29, 0.717) is 29.3 Å². The maximum atomic E-state index is 13.1. The van der Waals surface area contributed by atoms with E-state index in [2.05, 4.69) is 4.57 Å². The Hall–Kier alpha value is -1.90. The van der Waals surface area contributed by atoms with Crippen molar-refractivity contribution in [1.29, 1.82) is 0 Å². The first kappa shape index (κ1) is 20.4. The Morgan fingerprint density at radius 2 is 1.79 bits per heavy atom. The lowest BCUT2D eigenvalue weighted by Crippen LogP contribution is -2.35. The van der Waals surface area contributed by atoms with Crippen LogP contribution in [0.4, 0.5) is 4.39 Å². The molecule has 1 saturated heterocycles. The minimum absolute atomic E-state index is 0.252. The van der Waals surface area contributed by atoms with Gasteiger partial charge in [0, 0.05) is 24.5 Å². The molecule has 4 rings (SSSR count). The number of rotatable bonds is 6. The minimum atomic E-state index is -3.48. The molecule has 0 bridgehead atoms. The highest BCUT2D eigenvalue weighted by molar-refractivity contribution is 7.98. The Morgan fingerprint density at radius 1 is 1.07 bits per heavy atom. The van der Waals surface area contributed by atoms with Gasteiger partial charge in [-0.2, -0.15) is 4.31 Å². The Bertz CT molecular complexity index is 1100. The maximum Gasteiger partial charge on any atom is 0.243 e. The van der Waals surface area contributed by atoms with Crippen LogP contribution in [0.5, 0.6) is 0 Å². The molecular formula is C21H24FN3O2S2. The van der Waals surface area contributed by atoms with Crippen molar-refractivity contribution in [2.75, 3.05) is 13.1 Å². The van der Waals surface area contributed by atoms with Crippen molar-refractivity contribution in [3.05, 3.63) is 54.1 Å². The number of fused-ring (bicyclic) bond motifs is 1. The molecule has 2 aromatic carbocycles. The average molecular weight is 434 g/mol. The van der Waals surface area contributed by atoms with Crippen LogP contribution in [0.2, 0.25) is 0 Å². The molecular weight excluding hydrogens is 409 g/mol. The Kier molecular flexibility index (Phi) is 5.94. The third-order valence-corrected chi connectivity index (χ3v) is 8.15. The standard InChI is InChI=1S/C21H24FN3O2S2/c1-2-25-20-11-10-18(29(26,27)24-12-4-3-5-13-24)14-19(20)23-21(25)15-28-17-8-6-16(22)7-9-17/h6-11,14H,2-5,12-13,15H2,1H3. The molecule has 0 unspecified atom stereocenters. The van der Waals surface area contributed by atoms with Crippen LogP contribution < -0.4 is 0 Å². The van der Waals surface area contributed by atoms with Crippen molar-refractivity contribution in [3.8, 4) is 0 Å². The molecule has 0 radical (unpaired) electrons. The van der Waals surface area contributed by atoms with Gasteiger partial charge in [-0.15, -0.1) is 11.8 Å². The number of thioether (sulfide) groups is 1. The summed E-state index contributed by atoms with van der Waals surface area (Å²) in [7, 11) is -3.48. The predicted octanol–water partition coefficient (Wildman–Crippen LogP) is 4.66. The van der Waals surface area contributed by atoms with Gasteiger partial charge in [0.1, 0.15) is 11.6 Å². The summed E-state index contributed by atoms with van der Waals surface area (Å²) in [5.74, 6) is 1.25. The fraction of sp³-hybridized carbons (Fsp3) is 0.381. The number of piperidine rings is 1. The molecule has 1 fully saturated rings. The summed E-state index contributed by atoms with van der Waals surface area (Å²) in [6.07, 6.45) is 2.91. The SMILES string of the molecule is CCn1c(CSc2ccc(F)cc2)nc2cc(S(=O)(=O)N3CCCCC3)ccc21. The molecule has 1 aliphatic heterocycles. The molecule has 29 heavy (non-hydrogen) atoms. The molecule has 154 valence electrons. The molecule has 0 saturated carbocycles. The normalized spacial score (nSPS) is 15.8. The number of hydrogen-bond donors (Lipinski definition) is 0. The van der Waals surface area contributed by atoms with Crippen LogP contribution in [0.3, 0.4) is 0 Å². The average Bonchev–Trinajstić information content (AvgIpc) is 3.10. The summed E-state index contributed by atoms with van der Waals surface area (Å²) in [6, 6.07) is 11.6. The smallest absolute Gasteiger partial charge is 0.243 e. The molecule has 8 heteroatoms. The molecule has 1 aromatic heterocycles. The van der Waals surface area contributed by atoms with Gasteiger partial charge >= 0.3 is 0 Å². The van der Waals surface area contributed by atoms with Crippen LogP contribution in [0.1, 0.15) is 32.0 Å². The van der Waals surface area contributed by atoms with E-state index in [-0.39, 0.29) is 5.82 Å². The second-order valence-electron chi connectivity index (χ2n) is 7.13. The number of aromatic nitrogens is 2. The number of sulfonamides is 1. The third-order valence-electron chi connectivity index (χ3n) is 5.25. The highest BCUT2D eigenvalue weighted by Crippen LogP contribution is 2.28. The Labute approximate surface area is 175 Å². The van der Waals surface area contributed by atoms with Gasteiger partial charge in [0.2, 0.25) is 10.0 Å². The van der Waals surface area contributed by atoms with Crippen LogP contribution in [-0.2, 0) is 22.3 Å². The van der Waals surface area contributed by atoms with Crippen molar-refractivity contribution >= 4 is 32.8 Å². The summed E-state index contributed by atoms with van der Waals surface area (Å²) in [5.41, 5.74) is 1.62. The lowest BCUT2D eigenvalue weighted by molar-refractivity contribution is 0.346. The fourth-order valence-corrected chi connectivity index (χ4v) is 6.10. The molecule has 0 amide bonds. The summed E-state index contributed by atoms with van der Waals surface area (Å²) >= 11 is 1.58. The molecule has 1 aliphatic rings. The molecule has 0 atom stereocenters. The van der Waals surface area contributed by atoms with Gasteiger partial charge in [-0.25, -0.2) is 17.8 Å². The second-order valence-corrected chi connectivity index (χ2v) is 10.1. The van der Waals surface area contributed by atoms with Crippen LogP contribution in [-0.4, -0.2) is 35.4 Å². The van der Waals surface area contributed by atoms with Crippen LogP contribution in [0, 0.1) is 5.82 Å². The van der Waals surface area contributed by atoms with Crippen molar-refractivity contribution < 1.29 is 12.8 Å². The number of nitrogens with zero attached hydrogens (tertiary/aromatic N) is 3. The van der Waals surface area contributed by atoms with Gasteiger partial charge in [0.05, 0.1) is 21.7 Å². The van der Waals surface area contributed by atoms with E-state index >= 15 is 0 Å². The van der Waals surface area contributed by atoms with Crippen molar-refractivity contribution in [1.82, 2.24) is 13.9 Å². The van der Waals surface area contributed by atoms with E-state index in [9.17, 15) is 12.8 Å². The number of benzene rings is 2. The zero-order valence-corrected chi connectivity index (χ0v) is 18.0. The molecule has 0 N–H and O–H groups in total. The summed E-state index contributed by atoms with van der Waals surface area (Å²) in [5, 5.41) is 0. The van der Waals surface area contributed by atoms with Gasteiger partial charge in [-0.1, -0.05) is 6.42 Å². The fourth-order valence-electron chi connectivity index (χ4n) is 3.72. The van der Waals surface area contributed by atoms with E-state index in [0.717, 1.165) is 42.0 Å². The molecule has 0 spiro atoms. The summed E-state index contributed by atoms with van der Waals surface area (Å²) in [6.45, 7) is 3.96. The lowest BCUT2D eigenvalue weighted by Gasteiger charge is -2.25. The van der Waals surface area contributed by atoms with Crippen LogP contribution in [0.25, 0.3) is 11.0 Å². The maximum absolute atomic E-state index is 13.1. The van der Waals surface area contributed by atoms with Gasteiger partial charge < -0.3 is 4.57 Å². The summed E-state index contributed by atoms with van der Waals surface area (Å²) in [4.78, 5) is 6.00. The molecule has 2 heterocycles. The van der Waals surface area contributed by atoms with E-state index in [1.165, 1.54) is 12.1 Å². The van der Waals surface area contributed by atoms with Gasteiger partial charge in [-0.3, -0.25) is 0 Å². The predicted molar refractivity (Wildman–Crippen MR) is 114 cm³/mol.